The Bertz CT molecular complexity index is 456. The van der Waals surface area contributed by atoms with Gasteiger partial charge in [0.2, 0.25) is 0 Å². The van der Waals surface area contributed by atoms with E-state index in [1.54, 1.807) is 0 Å². The summed E-state index contributed by atoms with van der Waals surface area (Å²) in [6.07, 6.45) is 5.33. The zero-order chi connectivity index (χ0) is 15.4. The Morgan fingerprint density at radius 2 is 2.10 bits per heavy atom. The highest BCUT2D eigenvalue weighted by molar-refractivity contribution is 5.43. The van der Waals surface area contributed by atoms with Gasteiger partial charge in [0.25, 0.3) is 0 Å². The summed E-state index contributed by atoms with van der Waals surface area (Å²) in [5.74, 6) is 2.46. The van der Waals surface area contributed by atoms with Crippen molar-refractivity contribution in [2.45, 2.75) is 65.0 Å². The summed E-state index contributed by atoms with van der Waals surface area (Å²) < 4.78 is 0. The fraction of sp³-hybridized carbons (Fsp3) is 0.722. The van der Waals surface area contributed by atoms with Gasteiger partial charge in [-0.05, 0) is 49.4 Å². The average molecular weight is 289 g/mol. The molecule has 0 spiro atoms. The number of nitrogens with zero attached hydrogens (tertiary/aromatic N) is 2. The van der Waals surface area contributed by atoms with Crippen molar-refractivity contribution >= 4 is 5.82 Å². The Balaban J connectivity index is 2.24. The van der Waals surface area contributed by atoms with E-state index < -0.39 is 0 Å². The van der Waals surface area contributed by atoms with Crippen LogP contribution in [0.25, 0.3) is 0 Å². The molecule has 2 unspecified atom stereocenters. The predicted molar refractivity (Wildman–Crippen MR) is 90.9 cm³/mol. The second-order valence-electron chi connectivity index (χ2n) is 6.98. The third-order valence-corrected chi connectivity index (χ3v) is 4.68. The molecule has 1 fully saturated rings. The van der Waals surface area contributed by atoms with Crippen LogP contribution in [0.15, 0.2) is 12.1 Å². The van der Waals surface area contributed by atoms with Gasteiger partial charge in [-0.1, -0.05) is 33.6 Å². The van der Waals surface area contributed by atoms with Gasteiger partial charge >= 0.3 is 0 Å². The van der Waals surface area contributed by atoms with Gasteiger partial charge in [-0.25, -0.2) is 4.98 Å². The molecule has 1 aromatic rings. The van der Waals surface area contributed by atoms with Crippen molar-refractivity contribution in [3.8, 4) is 0 Å². The summed E-state index contributed by atoms with van der Waals surface area (Å²) in [5, 5.41) is 3.26. The average Bonchev–Trinajstić information content (AvgIpc) is 2.46. The van der Waals surface area contributed by atoms with Crippen molar-refractivity contribution in [3.63, 3.8) is 0 Å². The maximum Gasteiger partial charge on any atom is 0.129 e. The lowest BCUT2D eigenvalue weighted by atomic mass is 9.86. The molecule has 0 amide bonds. The van der Waals surface area contributed by atoms with Crippen molar-refractivity contribution in [1.29, 1.82) is 0 Å². The second-order valence-corrected chi connectivity index (χ2v) is 6.98. The number of rotatable bonds is 5. The number of anilines is 1. The third-order valence-electron chi connectivity index (χ3n) is 4.68. The summed E-state index contributed by atoms with van der Waals surface area (Å²) in [6.45, 7) is 7.73. The van der Waals surface area contributed by atoms with Gasteiger partial charge in [-0.3, -0.25) is 0 Å². The van der Waals surface area contributed by atoms with E-state index in [1.807, 2.05) is 7.05 Å². The maximum atomic E-state index is 4.91. The lowest BCUT2D eigenvalue weighted by Crippen LogP contribution is -2.36. The van der Waals surface area contributed by atoms with E-state index in [9.17, 15) is 0 Å². The van der Waals surface area contributed by atoms with E-state index in [2.05, 4.69) is 50.2 Å². The summed E-state index contributed by atoms with van der Waals surface area (Å²) in [5.41, 5.74) is 2.54. The minimum Gasteiger partial charge on any atom is -0.357 e. The number of nitrogens with one attached hydrogen (secondary N) is 1. The minimum atomic E-state index is 0.472. The molecule has 0 radical (unpaired) electrons. The number of pyridine rings is 1. The molecule has 2 atom stereocenters. The van der Waals surface area contributed by atoms with Gasteiger partial charge in [0.05, 0.1) is 0 Å². The Hall–Kier alpha value is -1.09. The lowest BCUT2D eigenvalue weighted by Gasteiger charge is -2.35. The normalized spacial score (nSPS) is 22.6. The van der Waals surface area contributed by atoms with E-state index in [-0.39, 0.29) is 0 Å². The Kier molecular flexibility index (Phi) is 5.63. The van der Waals surface area contributed by atoms with E-state index in [0.29, 0.717) is 12.0 Å². The van der Waals surface area contributed by atoms with E-state index in [4.69, 9.17) is 4.98 Å². The highest BCUT2D eigenvalue weighted by atomic mass is 15.2. The highest BCUT2D eigenvalue weighted by Gasteiger charge is 2.23. The fourth-order valence-corrected chi connectivity index (χ4v) is 3.32. The Morgan fingerprint density at radius 3 is 2.71 bits per heavy atom. The molecule has 1 aliphatic rings. The van der Waals surface area contributed by atoms with E-state index in [1.165, 1.54) is 36.9 Å². The molecule has 0 aromatic carbocycles. The number of hydrogen-bond donors (Lipinski definition) is 1. The topological polar surface area (TPSA) is 28.2 Å². The van der Waals surface area contributed by atoms with Gasteiger partial charge in [-0.2, -0.15) is 0 Å². The molecule has 2 rings (SSSR count). The second kappa shape index (κ2) is 7.26. The minimum absolute atomic E-state index is 0.472. The third kappa shape index (κ3) is 4.19. The van der Waals surface area contributed by atoms with Crippen LogP contribution in [0.5, 0.6) is 0 Å². The quantitative estimate of drug-likeness (QED) is 0.890. The van der Waals surface area contributed by atoms with Crippen molar-refractivity contribution in [2.24, 2.45) is 5.92 Å². The van der Waals surface area contributed by atoms with Crippen molar-refractivity contribution in [2.75, 3.05) is 19.0 Å². The molecule has 21 heavy (non-hydrogen) atoms. The van der Waals surface area contributed by atoms with Crippen molar-refractivity contribution < 1.29 is 0 Å². The molecule has 3 nitrogen and oxygen atoms in total. The summed E-state index contributed by atoms with van der Waals surface area (Å²) in [6, 6.07) is 5.13. The van der Waals surface area contributed by atoms with Gasteiger partial charge in [0, 0.05) is 25.3 Å². The first-order valence-electron chi connectivity index (χ1n) is 8.39. The van der Waals surface area contributed by atoms with Crippen LogP contribution in [0.1, 0.15) is 63.6 Å². The van der Waals surface area contributed by atoms with Crippen LogP contribution >= 0.6 is 0 Å². The molecule has 0 bridgehead atoms. The molecule has 1 aromatic heterocycles. The van der Waals surface area contributed by atoms with Crippen LogP contribution in [0, 0.1) is 5.92 Å². The molecule has 1 saturated carbocycles. The van der Waals surface area contributed by atoms with Gasteiger partial charge in [0.1, 0.15) is 5.82 Å². The van der Waals surface area contributed by atoms with Crippen LogP contribution in [0.3, 0.4) is 0 Å². The lowest BCUT2D eigenvalue weighted by molar-refractivity contribution is 0.335. The predicted octanol–water partition coefficient (Wildman–Crippen LogP) is 3.94. The van der Waals surface area contributed by atoms with Crippen molar-refractivity contribution in [3.05, 3.63) is 23.4 Å². The van der Waals surface area contributed by atoms with Crippen LogP contribution < -0.4 is 10.2 Å². The number of aromatic nitrogens is 1. The van der Waals surface area contributed by atoms with Gasteiger partial charge < -0.3 is 10.2 Å². The zero-order valence-electron chi connectivity index (χ0n) is 14.3. The van der Waals surface area contributed by atoms with Crippen LogP contribution in [-0.2, 0) is 6.54 Å². The van der Waals surface area contributed by atoms with Crippen LogP contribution in [-0.4, -0.2) is 25.1 Å². The van der Waals surface area contributed by atoms with Crippen LogP contribution in [0.2, 0.25) is 0 Å². The standard InChI is InChI=1S/C18H31N3/c1-13(2)17-10-15(12-19-4)11-18(20-17)21(5)16-8-6-7-14(3)9-16/h10-11,13-14,16,19H,6-9,12H2,1-5H3. The smallest absolute Gasteiger partial charge is 0.129 e. The monoisotopic (exact) mass is 289 g/mol. The summed E-state index contributed by atoms with van der Waals surface area (Å²) >= 11 is 0. The van der Waals surface area contributed by atoms with Crippen LogP contribution in [0.4, 0.5) is 5.82 Å². The molecule has 1 heterocycles. The molecule has 3 heteroatoms. The number of hydrogen-bond acceptors (Lipinski definition) is 3. The first-order valence-corrected chi connectivity index (χ1v) is 8.39. The molecular formula is C18H31N3. The Labute approximate surface area is 130 Å². The maximum absolute atomic E-state index is 4.91. The highest BCUT2D eigenvalue weighted by Crippen LogP contribution is 2.30. The molecule has 1 aliphatic carbocycles. The largest absolute Gasteiger partial charge is 0.357 e. The fourth-order valence-electron chi connectivity index (χ4n) is 3.32. The molecule has 0 aliphatic heterocycles. The summed E-state index contributed by atoms with van der Waals surface area (Å²) in [7, 11) is 4.22. The zero-order valence-corrected chi connectivity index (χ0v) is 14.3. The van der Waals surface area contributed by atoms with E-state index in [0.717, 1.165) is 18.3 Å². The molecular weight excluding hydrogens is 258 g/mol. The first-order chi connectivity index (χ1) is 10.0. The SMILES string of the molecule is CNCc1cc(C(C)C)nc(N(C)C2CCCC(C)C2)c1. The molecule has 0 saturated heterocycles. The van der Waals surface area contributed by atoms with Gasteiger partial charge in [-0.15, -0.1) is 0 Å². The van der Waals surface area contributed by atoms with Gasteiger partial charge in [0.15, 0.2) is 0 Å². The Morgan fingerprint density at radius 1 is 1.33 bits per heavy atom. The molecule has 1 N–H and O–H groups in total. The van der Waals surface area contributed by atoms with E-state index >= 15 is 0 Å². The molecule has 118 valence electrons. The summed E-state index contributed by atoms with van der Waals surface area (Å²) in [4.78, 5) is 7.33. The van der Waals surface area contributed by atoms with Crippen molar-refractivity contribution in [1.82, 2.24) is 10.3 Å². The first kappa shape index (κ1) is 16.3.